The molecule has 4 heteroatoms. The van der Waals surface area contributed by atoms with Gasteiger partial charge in [-0.3, -0.25) is 9.98 Å². The monoisotopic (exact) mass is 448 g/mol. The average Bonchev–Trinajstić information content (AvgIpc) is 2.87. The minimum absolute atomic E-state index is 0.225. The predicted octanol–water partition coefficient (Wildman–Crippen LogP) is 6.74. The van der Waals surface area contributed by atoms with E-state index in [1.807, 2.05) is 111 Å². The number of aryl methyl sites for hydroxylation is 2. The summed E-state index contributed by atoms with van der Waals surface area (Å²) in [6, 6.07) is 30.6. The van der Waals surface area contributed by atoms with Crippen molar-refractivity contribution in [3.63, 3.8) is 0 Å². The molecule has 1 unspecified atom stereocenters. The number of rotatable bonds is 7. The average molecular weight is 449 g/mol. The number of nitrogens with zero attached hydrogens (tertiary/aromatic N) is 2. The summed E-state index contributed by atoms with van der Waals surface area (Å²) in [6.07, 6.45) is 3.44. The molecule has 170 valence electrons. The summed E-state index contributed by atoms with van der Waals surface area (Å²) in [5.41, 5.74) is 4.93. The van der Waals surface area contributed by atoms with Crippen molar-refractivity contribution in [1.29, 1.82) is 0 Å². The lowest BCUT2D eigenvalue weighted by Gasteiger charge is -2.22. The first kappa shape index (κ1) is 23.0. The highest BCUT2D eigenvalue weighted by Crippen LogP contribution is 2.36. The fourth-order valence-electron chi connectivity index (χ4n) is 3.89. The number of hydrogen-bond acceptors (Lipinski definition) is 4. The lowest BCUT2D eigenvalue weighted by molar-refractivity contribution is 0.469. The van der Waals surface area contributed by atoms with E-state index in [0.717, 1.165) is 22.3 Å². The SMILES string of the molecule is Cc1cccc(C=NC(c2ccccc2)[C@H](N=Cc2cccc(C)c2O)c2ccccc2)c1O. The molecule has 0 saturated heterocycles. The van der Waals surface area contributed by atoms with Crippen molar-refractivity contribution in [2.45, 2.75) is 25.9 Å². The molecule has 4 aromatic carbocycles. The summed E-state index contributed by atoms with van der Waals surface area (Å²) in [6.45, 7) is 3.74. The summed E-state index contributed by atoms with van der Waals surface area (Å²) >= 11 is 0. The maximum atomic E-state index is 10.5. The summed E-state index contributed by atoms with van der Waals surface area (Å²) in [7, 11) is 0. The van der Waals surface area contributed by atoms with Crippen LogP contribution in [0.15, 0.2) is 107 Å². The first-order valence-electron chi connectivity index (χ1n) is 11.3. The molecule has 0 heterocycles. The minimum atomic E-state index is -0.341. The van der Waals surface area contributed by atoms with Crippen LogP contribution in [0, 0.1) is 13.8 Å². The molecule has 0 aliphatic heterocycles. The van der Waals surface area contributed by atoms with Crippen molar-refractivity contribution >= 4 is 12.4 Å². The molecule has 4 aromatic rings. The van der Waals surface area contributed by atoms with Crippen molar-refractivity contribution in [3.8, 4) is 11.5 Å². The topological polar surface area (TPSA) is 65.2 Å². The zero-order valence-electron chi connectivity index (χ0n) is 19.3. The van der Waals surface area contributed by atoms with Gasteiger partial charge in [-0.05, 0) is 48.2 Å². The van der Waals surface area contributed by atoms with Gasteiger partial charge in [-0.1, -0.05) is 84.9 Å². The van der Waals surface area contributed by atoms with Gasteiger partial charge in [-0.2, -0.15) is 0 Å². The normalized spacial score (nSPS) is 13.4. The Morgan fingerprint density at radius 3 is 1.29 bits per heavy atom. The number of phenols is 2. The van der Waals surface area contributed by atoms with E-state index in [1.54, 1.807) is 12.4 Å². The van der Waals surface area contributed by atoms with Crippen LogP contribution in [-0.4, -0.2) is 22.6 Å². The molecule has 0 radical (unpaired) electrons. The van der Waals surface area contributed by atoms with Crippen molar-refractivity contribution < 1.29 is 10.2 Å². The zero-order chi connectivity index (χ0) is 23.9. The van der Waals surface area contributed by atoms with Crippen LogP contribution >= 0.6 is 0 Å². The number of hydrogen-bond donors (Lipinski definition) is 2. The van der Waals surface area contributed by atoms with Gasteiger partial charge in [0.1, 0.15) is 23.6 Å². The second-order valence-corrected chi connectivity index (χ2v) is 8.29. The van der Waals surface area contributed by atoms with Crippen molar-refractivity contribution in [2.24, 2.45) is 9.98 Å². The van der Waals surface area contributed by atoms with Gasteiger partial charge in [0.15, 0.2) is 0 Å². The molecule has 0 saturated carbocycles. The molecule has 0 bridgehead atoms. The van der Waals surface area contributed by atoms with Gasteiger partial charge in [0, 0.05) is 23.6 Å². The van der Waals surface area contributed by atoms with Crippen LogP contribution in [0.5, 0.6) is 11.5 Å². The molecule has 2 N–H and O–H groups in total. The quantitative estimate of drug-likeness (QED) is 0.308. The Morgan fingerprint density at radius 2 is 0.912 bits per heavy atom. The van der Waals surface area contributed by atoms with E-state index in [1.165, 1.54) is 0 Å². The maximum Gasteiger partial charge on any atom is 0.127 e. The second-order valence-electron chi connectivity index (χ2n) is 8.29. The summed E-state index contributed by atoms with van der Waals surface area (Å²) in [5, 5.41) is 21.0. The van der Waals surface area contributed by atoms with Gasteiger partial charge >= 0.3 is 0 Å². The number of benzene rings is 4. The molecule has 0 aromatic heterocycles. The lowest BCUT2D eigenvalue weighted by Crippen LogP contribution is -2.09. The van der Waals surface area contributed by atoms with Crippen LogP contribution in [0.3, 0.4) is 0 Å². The molecule has 0 aliphatic carbocycles. The van der Waals surface area contributed by atoms with Crippen LogP contribution in [0.25, 0.3) is 0 Å². The van der Waals surface area contributed by atoms with Crippen LogP contribution in [-0.2, 0) is 0 Å². The Labute approximate surface area is 200 Å². The molecule has 4 nitrogen and oxygen atoms in total. The Kier molecular flexibility index (Phi) is 7.19. The summed E-state index contributed by atoms with van der Waals surface area (Å²) in [4.78, 5) is 9.87. The smallest absolute Gasteiger partial charge is 0.127 e. The number of aromatic hydroxyl groups is 2. The lowest BCUT2D eigenvalue weighted by atomic mass is 9.94. The highest BCUT2D eigenvalue weighted by atomic mass is 16.3. The van der Waals surface area contributed by atoms with Crippen molar-refractivity contribution in [1.82, 2.24) is 0 Å². The van der Waals surface area contributed by atoms with E-state index in [9.17, 15) is 10.2 Å². The minimum Gasteiger partial charge on any atom is -0.507 e. The van der Waals surface area contributed by atoms with Gasteiger partial charge in [0.2, 0.25) is 0 Å². The fraction of sp³-hybridized carbons (Fsp3) is 0.133. The van der Waals surface area contributed by atoms with Gasteiger partial charge in [0.05, 0.1) is 0 Å². The highest BCUT2D eigenvalue weighted by Gasteiger charge is 2.23. The molecular formula is C30H28N2O2. The van der Waals surface area contributed by atoms with E-state index in [-0.39, 0.29) is 23.6 Å². The van der Waals surface area contributed by atoms with Gasteiger partial charge in [-0.25, -0.2) is 0 Å². The Balaban J connectivity index is 1.81. The van der Waals surface area contributed by atoms with Gasteiger partial charge in [0.25, 0.3) is 0 Å². The molecule has 0 spiro atoms. The number of phenolic OH excluding ortho intramolecular Hbond substituents is 2. The Hall–Kier alpha value is -4.18. The fourth-order valence-corrected chi connectivity index (χ4v) is 3.89. The molecular weight excluding hydrogens is 420 g/mol. The van der Waals surface area contributed by atoms with Crippen molar-refractivity contribution in [2.75, 3.05) is 0 Å². The first-order valence-corrected chi connectivity index (χ1v) is 11.3. The Morgan fingerprint density at radius 1 is 0.529 bits per heavy atom. The molecule has 34 heavy (non-hydrogen) atoms. The van der Waals surface area contributed by atoms with Crippen LogP contribution in [0.1, 0.15) is 45.5 Å². The van der Waals surface area contributed by atoms with E-state index >= 15 is 0 Å². The molecule has 0 amide bonds. The number of aliphatic imine (C=N–C) groups is 2. The molecule has 4 rings (SSSR count). The Bertz CT molecular complexity index is 1200. The first-order chi connectivity index (χ1) is 16.5. The molecule has 2 atom stereocenters. The third kappa shape index (κ3) is 5.24. The zero-order valence-corrected chi connectivity index (χ0v) is 19.3. The largest absolute Gasteiger partial charge is 0.507 e. The summed E-state index contributed by atoms with van der Waals surface area (Å²) in [5.74, 6) is 0.449. The van der Waals surface area contributed by atoms with E-state index < -0.39 is 0 Å². The highest BCUT2D eigenvalue weighted by molar-refractivity contribution is 5.85. The van der Waals surface area contributed by atoms with Crippen LogP contribution < -0.4 is 0 Å². The van der Waals surface area contributed by atoms with Gasteiger partial charge in [-0.15, -0.1) is 0 Å². The third-order valence-corrected chi connectivity index (χ3v) is 5.87. The van der Waals surface area contributed by atoms with Crippen LogP contribution in [0.2, 0.25) is 0 Å². The van der Waals surface area contributed by atoms with Gasteiger partial charge < -0.3 is 10.2 Å². The van der Waals surface area contributed by atoms with E-state index in [0.29, 0.717) is 11.1 Å². The molecule has 0 fully saturated rings. The van der Waals surface area contributed by atoms with Crippen molar-refractivity contribution in [3.05, 3.63) is 130 Å². The second kappa shape index (κ2) is 10.6. The maximum absolute atomic E-state index is 10.5. The van der Waals surface area contributed by atoms with E-state index in [2.05, 4.69) is 0 Å². The third-order valence-electron chi connectivity index (χ3n) is 5.87. The predicted molar refractivity (Wildman–Crippen MR) is 139 cm³/mol. The number of para-hydroxylation sites is 2. The standard InChI is InChI=1S/C30H28N2O2/c1-21-11-9-17-25(29(21)33)19-31-27(23-13-5-3-6-14-23)28(24-15-7-4-8-16-24)32-20-26-18-10-12-22(2)30(26)34/h3-20,27-28,33-34H,1-2H3/t27-,28?/m1/s1. The van der Waals surface area contributed by atoms with E-state index in [4.69, 9.17) is 9.98 Å². The molecule has 0 aliphatic rings. The summed E-state index contributed by atoms with van der Waals surface area (Å²) < 4.78 is 0. The van der Waals surface area contributed by atoms with Crippen LogP contribution in [0.4, 0.5) is 0 Å².